The Labute approximate surface area is 249 Å². The van der Waals surface area contributed by atoms with Gasteiger partial charge in [-0.2, -0.15) is 0 Å². The van der Waals surface area contributed by atoms with Gasteiger partial charge in [-0.05, 0) is 110 Å². The summed E-state index contributed by atoms with van der Waals surface area (Å²) >= 11 is 0. The van der Waals surface area contributed by atoms with Gasteiger partial charge < -0.3 is 0 Å². The predicted molar refractivity (Wildman–Crippen MR) is 181 cm³/mol. The monoisotopic (exact) mass is 540 g/mol. The van der Waals surface area contributed by atoms with Gasteiger partial charge in [0, 0.05) is 5.92 Å². The lowest BCUT2D eigenvalue weighted by molar-refractivity contribution is 0.204. The minimum Gasteiger partial charge on any atom is -0.0853 e. The third-order valence-corrected chi connectivity index (χ3v) is 9.32. The zero-order chi connectivity index (χ0) is 29.8. The van der Waals surface area contributed by atoms with Gasteiger partial charge in [0.15, 0.2) is 0 Å². The molecule has 0 fully saturated rings. The summed E-state index contributed by atoms with van der Waals surface area (Å²) in [6, 6.07) is 0. The molecular weight excluding hydrogens is 480 g/mol. The summed E-state index contributed by atoms with van der Waals surface area (Å²) in [5, 5.41) is 0. The fourth-order valence-electron chi connectivity index (χ4n) is 6.45. The van der Waals surface area contributed by atoms with Gasteiger partial charge in [-0.3, -0.25) is 0 Å². The van der Waals surface area contributed by atoms with E-state index in [2.05, 4.69) is 142 Å². The lowest BCUT2D eigenvalue weighted by Gasteiger charge is -2.38. The lowest BCUT2D eigenvalue weighted by atomic mass is 9.67. The molecule has 2 atom stereocenters. The highest BCUT2D eigenvalue weighted by Gasteiger charge is 2.32. The zero-order valence-corrected chi connectivity index (χ0v) is 27.7. The normalized spacial score (nSPS) is 24.8. The Morgan fingerprint density at radius 2 is 1.32 bits per heavy atom. The van der Waals surface area contributed by atoms with Gasteiger partial charge in [-0.1, -0.05) is 134 Å². The SMILES string of the molecule is CC1=CCCC(C)(C)[C@H]1/C=C/C(C)=C/C=C/C(C)=C/C=C/C=C(\C)CC/C=C(/C)CC[C@H]1C(C)=CCCC1(C)C. The van der Waals surface area contributed by atoms with E-state index in [-0.39, 0.29) is 0 Å². The van der Waals surface area contributed by atoms with E-state index in [1.54, 1.807) is 11.1 Å². The molecule has 0 amide bonds. The highest BCUT2D eigenvalue weighted by molar-refractivity contribution is 5.30. The smallest absolute Gasteiger partial charge is 0.00285 e. The first-order valence-corrected chi connectivity index (χ1v) is 15.8. The second kappa shape index (κ2) is 16.2. The Hall–Kier alpha value is -2.34. The maximum atomic E-state index is 2.47. The average Bonchev–Trinajstić information content (AvgIpc) is 2.85. The molecule has 0 unspecified atom stereocenters. The summed E-state index contributed by atoms with van der Waals surface area (Å²) in [5.41, 5.74) is 9.46. The summed E-state index contributed by atoms with van der Waals surface area (Å²) in [6.45, 7) is 23.2. The van der Waals surface area contributed by atoms with E-state index in [9.17, 15) is 0 Å². The van der Waals surface area contributed by atoms with Gasteiger partial charge in [0.2, 0.25) is 0 Å². The van der Waals surface area contributed by atoms with Crippen LogP contribution in [0.1, 0.15) is 121 Å². The van der Waals surface area contributed by atoms with Crippen molar-refractivity contribution in [2.24, 2.45) is 22.7 Å². The molecule has 0 heterocycles. The van der Waals surface area contributed by atoms with Crippen LogP contribution in [0.15, 0.2) is 106 Å². The summed E-state index contributed by atoms with van der Waals surface area (Å²) in [6.07, 6.45) is 37.2. The molecule has 0 bridgehead atoms. The molecular formula is C40H60. The molecule has 0 heteroatoms. The van der Waals surface area contributed by atoms with Gasteiger partial charge >= 0.3 is 0 Å². The maximum Gasteiger partial charge on any atom is 0.00285 e. The fraction of sp³-hybridized carbons (Fsp3) is 0.550. The van der Waals surface area contributed by atoms with Crippen LogP contribution in [0.3, 0.4) is 0 Å². The van der Waals surface area contributed by atoms with Crippen LogP contribution in [0.2, 0.25) is 0 Å². The maximum absolute atomic E-state index is 2.47. The van der Waals surface area contributed by atoms with Gasteiger partial charge in [-0.15, -0.1) is 0 Å². The molecule has 0 spiro atoms. The first-order chi connectivity index (χ1) is 18.8. The second-order valence-electron chi connectivity index (χ2n) is 14.0. The van der Waals surface area contributed by atoms with Crippen molar-refractivity contribution in [1.29, 1.82) is 0 Å². The van der Waals surface area contributed by atoms with Crippen molar-refractivity contribution >= 4 is 0 Å². The highest BCUT2D eigenvalue weighted by Crippen LogP contribution is 2.44. The Morgan fingerprint density at radius 3 is 2.00 bits per heavy atom. The van der Waals surface area contributed by atoms with Crippen LogP contribution >= 0.6 is 0 Å². The third-order valence-electron chi connectivity index (χ3n) is 9.32. The third kappa shape index (κ3) is 11.6. The molecule has 2 rings (SSSR count). The summed E-state index contributed by atoms with van der Waals surface area (Å²) < 4.78 is 0. The minimum atomic E-state index is 0.350. The number of hydrogen-bond donors (Lipinski definition) is 0. The van der Waals surface area contributed by atoms with Crippen LogP contribution in [0.25, 0.3) is 0 Å². The van der Waals surface area contributed by atoms with Crippen LogP contribution in [0.4, 0.5) is 0 Å². The highest BCUT2D eigenvalue weighted by atomic mass is 14.4. The molecule has 0 aromatic rings. The van der Waals surface area contributed by atoms with E-state index in [4.69, 9.17) is 0 Å². The largest absolute Gasteiger partial charge is 0.0853 e. The molecule has 0 saturated heterocycles. The average molecular weight is 541 g/mol. The Bertz CT molecular complexity index is 1100. The van der Waals surface area contributed by atoms with Crippen molar-refractivity contribution in [2.45, 2.75) is 121 Å². The quantitative estimate of drug-likeness (QED) is 0.170. The van der Waals surface area contributed by atoms with Crippen molar-refractivity contribution < 1.29 is 0 Å². The number of hydrogen-bond acceptors (Lipinski definition) is 0. The van der Waals surface area contributed by atoms with E-state index in [1.165, 1.54) is 60.8 Å². The molecule has 0 aromatic carbocycles. The van der Waals surface area contributed by atoms with Crippen LogP contribution in [-0.4, -0.2) is 0 Å². The van der Waals surface area contributed by atoms with Crippen LogP contribution in [0, 0.1) is 22.7 Å². The molecule has 0 aliphatic heterocycles. The molecule has 40 heavy (non-hydrogen) atoms. The van der Waals surface area contributed by atoms with Crippen LogP contribution in [0.5, 0.6) is 0 Å². The van der Waals surface area contributed by atoms with Gasteiger partial charge in [0.1, 0.15) is 0 Å². The molecule has 0 N–H and O–H groups in total. The van der Waals surface area contributed by atoms with Crippen LogP contribution in [-0.2, 0) is 0 Å². The number of rotatable bonds is 12. The minimum absolute atomic E-state index is 0.350. The number of allylic oxidation sites excluding steroid dienone is 18. The molecule has 220 valence electrons. The van der Waals surface area contributed by atoms with Crippen molar-refractivity contribution in [3.63, 3.8) is 0 Å². The lowest BCUT2D eigenvalue weighted by Crippen LogP contribution is -2.27. The fourth-order valence-corrected chi connectivity index (χ4v) is 6.45. The molecule has 2 aliphatic rings. The van der Waals surface area contributed by atoms with Crippen LogP contribution < -0.4 is 0 Å². The predicted octanol–water partition coefficient (Wildman–Crippen LogP) is 12.8. The van der Waals surface area contributed by atoms with E-state index >= 15 is 0 Å². The molecule has 2 aliphatic carbocycles. The Morgan fingerprint density at radius 1 is 0.725 bits per heavy atom. The zero-order valence-electron chi connectivity index (χ0n) is 27.7. The molecule has 0 radical (unpaired) electrons. The first-order valence-electron chi connectivity index (χ1n) is 15.8. The van der Waals surface area contributed by atoms with E-state index in [0.29, 0.717) is 16.7 Å². The van der Waals surface area contributed by atoms with E-state index in [1.807, 2.05) is 0 Å². The van der Waals surface area contributed by atoms with Gasteiger partial charge in [0.05, 0.1) is 0 Å². The topological polar surface area (TPSA) is 0 Å². The second-order valence-corrected chi connectivity index (χ2v) is 14.0. The standard InChI is InChI=1S/C40H60/c1-31(19-13-21-33(3)25-27-37-35(5)23-15-29-39(37,7)8)17-11-12-18-32(2)20-14-22-34(4)26-28-38-36(6)24-16-30-40(38,9)10/h11-13,17-19,21-25,27,37-38H,14-16,20,26,28-30H2,1-10H3/b12-11+,19-13+,27-25+,31-17+,32-18+,33-21+,34-22-/t37-,38-/m0/s1. The molecule has 0 aromatic heterocycles. The Balaban J connectivity index is 1.77. The molecule has 0 saturated carbocycles. The first kappa shape index (κ1) is 33.9. The van der Waals surface area contributed by atoms with Gasteiger partial charge in [-0.25, -0.2) is 0 Å². The summed E-state index contributed by atoms with van der Waals surface area (Å²) in [7, 11) is 0. The van der Waals surface area contributed by atoms with Crippen molar-refractivity contribution in [2.75, 3.05) is 0 Å². The molecule has 0 nitrogen and oxygen atoms in total. The summed E-state index contributed by atoms with van der Waals surface area (Å²) in [4.78, 5) is 0. The van der Waals surface area contributed by atoms with Crippen molar-refractivity contribution in [3.05, 3.63) is 106 Å². The van der Waals surface area contributed by atoms with E-state index < -0.39 is 0 Å². The van der Waals surface area contributed by atoms with E-state index in [0.717, 1.165) is 18.8 Å². The van der Waals surface area contributed by atoms with Gasteiger partial charge in [0.25, 0.3) is 0 Å². The Kier molecular flexibility index (Phi) is 13.7. The van der Waals surface area contributed by atoms with Crippen molar-refractivity contribution in [1.82, 2.24) is 0 Å². The van der Waals surface area contributed by atoms with Crippen molar-refractivity contribution in [3.8, 4) is 0 Å². The summed E-state index contributed by atoms with van der Waals surface area (Å²) in [5.74, 6) is 1.28.